The average molecular weight is 561 g/mol. The third-order valence-electron chi connectivity index (χ3n) is 9.43. The van der Waals surface area contributed by atoms with E-state index in [4.69, 9.17) is 4.74 Å². The molecule has 1 unspecified atom stereocenters. The second-order valence-corrected chi connectivity index (χ2v) is 12.3. The second kappa shape index (κ2) is 13.4. The number of nitrogens with zero attached hydrogens (tertiary/aromatic N) is 4. The minimum Gasteiger partial charge on any atom is -0.370 e. The zero-order chi connectivity index (χ0) is 28.9. The highest BCUT2D eigenvalue weighted by molar-refractivity contribution is 5.97. The molecule has 1 atom stereocenters. The lowest BCUT2D eigenvalue weighted by Gasteiger charge is -2.40. The predicted octanol–water partition coefficient (Wildman–Crippen LogP) is 4.15. The Hall–Kier alpha value is -2.86. The van der Waals surface area contributed by atoms with E-state index >= 15 is 0 Å². The summed E-state index contributed by atoms with van der Waals surface area (Å²) in [7, 11) is 6.56. The molecule has 2 aliphatic heterocycles. The maximum atomic E-state index is 13.7. The second-order valence-electron chi connectivity index (χ2n) is 12.3. The number of aromatic nitrogens is 2. The molecule has 1 aromatic heterocycles. The summed E-state index contributed by atoms with van der Waals surface area (Å²) in [6.07, 6.45) is 9.22. The van der Waals surface area contributed by atoms with Crippen molar-refractivity contribution in [3.63, 3.8) is 0 Å². The number of rotatable bonds is 7. The Labute approximate surface area is 246 Å². The van der Waals surface area contributed by atoms with E-state index in [-0.39, 0.29) is 12.0 Å². The van der Waals surface area contributed by atoms with Crippen LogP contribution in [0, 0.1) is 24.7 Å². The largest absolute Gasteiger partial charge is 0.370 e. The van der Waals surface area contributed by atoms with Crippen molar-refractivity contribution in [1.29, 1.82) is 0 Å². The summed E-state index contributed by atoms with van der Waals surface area (Å²) >= 11 is 0. The Kier molecular flexibility index (Phi) is 9.69. The zero-order valence-electron chi connectivity index (χ0n) is 25.6. The van der Waals surface area contributed by atoms with E-state index in [1.807, 2.05) is 6.07 Å². The van der Waals surface area contributed by atoms with Crippen LogP contribution in [0.3, 0.4) is 0 Å². The summed E-state index contributed by atoms with van der Waals surface area (Å²) in [6.45, 7) is 8.43. The number of aromatic amines is 1. The van der Waals surface area contributed by atoms with Crippen molar-refractivity contribution < 1.29 is 9.53 Å². The number of piperidine rings is 1. The Bertz CT molecular complexity index is 1240. The van der Waals surface area contributed by atoms with E-state index in [1.54, 1.807) is 6.33 Å². The molecule has 0 bridgehead atoms. The van der Waals surface area contributed by atoms with Crippen LogP contribution in [0.4, 0.5) is 5.69 Å². The Morgan fingerprint density at radius 3 is 2.59 bits per heavy atom. The number of carbonyl (C=O) groups is 1. The van der Waals surface area contributed by atoms with Crippen molar-refractivity contribution in [3.8, 4) is 11.8 Å². The van der Waals surface area contributed by atoms with Crippen molar-refractivity contribution in [2.24, 2.45) is 5.92 Å². The van der Waals surface area contributed by atoms with Gasteiger partial charge in [0.15, 0.2) is 0 Å². The van der Waals surface area contributed by atoms with E-state index in [1.165, 1.54) is 12.8 Å². The quantitative estimate of drug-likeness (QED) is 0.496. The van der Waals surface area contributed by atoms with Gasteiger partial charge in [0.1, 0.15) is 6.10 Å². The fourth-order valence-electron chi connectivity index (χ4n) is 6.79. The number of nitrogens with one attached hydrogen (secondary N) is 2. The summed E-state index contributed by atoms with van der Waals surface area (Å²) in [6, 6.07) is 5.35. The minimum atomic E-state index is -0.212. The van der Waals surface area contributed by atoms with Gasteiger partial charge in [-0.2, -0.15) is 0 Å². The minimum absolute atomic E-state index is 0.0747. The van der Waals surface area contributed by atoms with Crippen molar-refractivity contribution in [2.45, 2.75) is 77.0 Å². The first-order valence-electron chi connectivity index (χ1n) is 15.5. The van der Waals surface area contributed by atoms with Crippen LogP contribution >= 0.6 is 0 Å². The van der Waals surface area contributed by atoms with Crippen LogP contribution in [0.5, 0.6) is 0 Å². The summed E-state index contributed by atoms with van der Waals surface area (Å²) in [5, 5.41) is 3.17. The molecule has 1 saturated carbocycles. The molecular formula is C33H48N6O2. The molecule has 3 aliphatic rings. The molecule has 0 radical (unpaired) electrons. The molecule has 1 aliphatic carbocycles. The first-order valence-corrected chi connectivity index (χ1v) is 15.5. The molecule has 1 aromatic carbocycles. The van der Waals surface area contributed by atoms with E-state index in [2.05, 4.69) is 82.9 Å². The van der Waals surface area contributed by atoms with Gasteiger partial charge in [-0.15, -0.1) is 0 Å². The number of hydrogen-bond donors (Lipinski definition) is 2. The van der Waals surface area contributed by atoms with Gasteiger partial charge in [-0.3, -0.25) is 4.79 Å². The van der Waals surface area contributed by atoms with Gasteiger partial charge in [-0.1, -0.05) is 11.8 Å². The van der Waals surface area contributed by atoms with Crippen LogP contribution in [0.15, 0.2) is 18.5 Å². The molecule has 5 rings (SSSR count). The molecule has 2 aromatic rings. The van der Waals surface area contributed by atoms with Gasteiger partial charge in [0.25, 0.3) is 5.91 Å². The van der Waals surface area contributed by atoms with Crippen LogP contribution in [0.1, 0.15) is 84.4 Å². The van der Waals surface area contributed by atoms with Crippen molar-refractivity contribution >= 4 is 11.6 Å². The molecule has 2 N–H and O–H groups in total. The molecule has 3 heterocycles. The number of imidazole rings is 1. The van der Waals surface area contributed by atoms with Gasteiger partial charge in [-0.05, 0) is 104 Å². The van der Waals surface area contributed by atoms with Crippen LogP contribution in [-0.2, 0) is 11.2 Å². The van der Waals surface area contributed by atoms with Crippen LogP contribution < -0.4 is 10.2 Å². The fourth-order valence-corrected chi connectivity index (χ4v) is 6.79. The van der Waals surface area contributed by atoms with Crippen LogP contribution in [-0.4, -0.2) is 91.7 Å². The van der Waals surface area contributed by atoms with Crippen molar-refractivity contribution in [2.75, 3.05) is 58.8 Å². The standard InChI is InChI=1S/C33H48N6O2/c1-6-39(27-11-9-26(10-12-27)37(3)4)30-20-25(8-7-24-13-16-38(5)17-14-24)19-28(23(30)2)33(40)34-21-31-32-29(15-18-41-31)35-22-36-32/h19-20,22,24,26-27,31H,6,9-18,21H2,1-5H3,(H,34,40)(H,35,36)/t26-,27-,31?. The third kappa shape index (κ3) is 6.97. The highest BCUT2D eigenvalue weighted by atomic mass is 16.5. The van der Waals surface area contributed by atoms with Gasteiger partial charge >= 0.3 is 0 Å². The fraction of sp³-hybridized carbons (Fsp3) is 0.636. The number of benzene rings is 1. The van der Waals surface area contributed by atoms with Gasteiger partial charge in [0.2, 0.25) is 0 Å². The molecule has 1 saturated heterocycles. The highest BCUT2D eigenvalue weighted by Gasteiger charge is 2.29. The lowest BCUT2D eigenvalue weighted by Crippen LogP contribution is -2.42. The van der Waals surface area contributed by atoms with Crippen LogP contribution in [0.25, 0.3) is 0 Å². The first-order chi connectivity index (χ1) is 19.8. The average Bonchev–Trinajstić information content (AvgIpc) is 3.47. The van der Waals surface area contributed by atoms with Crippen molar-refractivity contribution in [1.82, 2.24) is 25.1 Å². The monoisotopic (exact) mass is 560 g/mol. The topological polar surface area (TPSA) is 76.7 Å². The van der Waals surface area contributed by atoms with Gasteiger partial charge in [-0.25, -0.2) is 4.98 Å². The molecular weight excluding hydrogens is 512 g/mol. The van der Waals surface area contributed by atoms with E-state index in [0.717, 1.165) is 79.9 Å². The molecule has 41 heavy (non-hydrogen) atoms. The third-order valence-corrected chi connectivity index (χ3v) is 9.43. The zero-order valence-corrected chi connectivity index (χ0v) is 25.6. The van der Waals surface area contributed by atoms with Crippen LogP contribution in [0.2, 0.25) is 0 Å². The SMILES string of the molecule is CCN(c1cc(C#CC2CCN(C)CC2)cc(C(=O)NCC2OCCc3nc[nH]c32)c1C)[C@H]1CC[C@H](N(C)C)CC1. The number of amides is 1. The van der Waals surface area contributed by atoms with Crippen molar-refractivity contribution in [3.05, 3.63) is 46.5 Å². The predicted molar refractivity (Wildman–Crippen MR) is 164 cm³/mol. The summed E-state index contributed by atoms with van der Waals surface area (Å²) in [5.74, 6) is 7.38. The van der Waals surface area contributed by atoms with Gasteiger partial charge in [0, 0.05) is 54.3 Å². The summed E-state index contributed by atoms with van der Waals surface area (Å²) in [5.41, 5.74) is 5.80. The lowest BCUT2D eigenvalue weighted by molar-refractivity contribution is 0.0380. The Morgan fingerprint density at radius 1 is 1.15 bits per heavy atom. The molecule has 222 valence electrons. The molecule has 0 spiro atoms. The Balaban J connectivity index is 1.40. The normalized spacial score (nSPS) is 23.5. The smallest absolute Gasteiger partial charge is 0.251 e. The number of anilines is 1. The summed E-state index contributed by atoms with van der Waals surface area (Å²) < 4.78 is 5.98. The number of carbonyl (C=O) groups excluding carboxylic acids is 1. The highest BCUT2D eigenvalue weighted by Crippen LogP contribution is 2.33. The summed E-state index contributed by atoms with van der Waals surface area (Å²) in [4.78, 5) is 28.6. The number of ether oxygens (including phenoxy) is 1. The Morgan fingerprint density at radius 2 is 1.88 bits per heavy atom. The number of likely N-dealkylation sites (tertiary alicyclic amines) is 1. The lowest BCUT2D eigenvalue weighted by atomic mass is 9.88. The maximum Gasteiger partial charge on any atom is 0.251 e. The number of hydrogen-bond acceptors (Lipinski definition) is 6. The number of H-pyrrole nitrogens is 1. The van der Waals surface area contributed by atoms with Gasteiger partial charge < -0.3 is 29.7 Å². The number of fused-ring (bicyclic) bond motifs is 1. The first kappa shape index (κ1) is 29.6. The van der Waals surface area contributed by atoms with Gasteiger partial charge in [0.05, 0.1) is 24.3 Å². The molecule has 2 fully saturated rings. The van der Waals surface area contributed by atoms with E-state index in [9.17, 15) is 4.79 Å². The van der Waals surface area contributed by atoms with E-state index < -0.39 is 0 Å². The molecule has 8 nitrogen and oxygen atoms in total. The molecule has 1 amide bonds. The maximum absolute atomic E-state index is 13.7. The molecule has 8 heteroatoms. The van der Waals surface area contributed by atoms with E-state index in [0.29, 0.717) is 36.7 Å².